The highest BCUT2D eigenvalue weighted by atomic mass is 16.5. The average molecular weight is 267 g/mol. The molecule has 0 fully saturated rings. The normalized spacial score (nSPS) is 11.8. The number of hydrogen-bond acceptors (Lipinski definition) is 5. The monoisotopic (exact) mass is 267 g/mol. The van der Waals surface area contributed by atoms with Crippen LogP contribution in [0.5, 0.6) is 11.5 Å². The molecular formula is C14H21NO4. The molecule has 1 aromatic carbocycles. The van der Waals surface area contributed by atoms with Gasteiger partial charge in [-0.25, -0.2) is 4.79 Å². The van der Waals surface area contributed by atoms with E-state index in [0.717, 1.165) is 12.0 Å². The smallest absolute Gasteiger partial charge is 0.337 e. The zero-order chi connectivity index (χ0) is 14.4. The van der Waals surface area contributed by atoms with Crippen LogP contribution < -0.4 is 15.2 Å². The maximum Gasteiger partial charge on any atom is 0.337 e. The first-order chi connectivity index (χ1) is 9.08. The number of nitrogens with two attached hydrogens (primary N) is 1. The fourth-order valence-corrected chi connectivity index (χ4v) is 2.00. The van der Waals surface area contributed by atoms with E-state index in [1.165, 1.54) is 14.2 Å². The predicted molar refractivity (Wildman–Crippen MR) is 73.0 cm³/mol. The van der Waals surface area contributed by atoms with E-state index in [1.54, 1.807) is 19.2 Å². The van der Waals surface area contributed by atoms with E-state index in [9.17, 15) is 4.79 Å². The SMILES string of the molecule is COC(=O)c1cc(OC)c(OC)c(C(C)CCN)c1. The van der Waals surface area contributed by atoms with Crippen LogP contribution in [0.3, 0.4) is 0 Å². The molecule has 0 aliphatic rings. The van der Waals surface area contributed by atoms with E-state index in [0.29, 0.717) is 23.6 Å². The Morgan fingerprint density at radius 1 is 1.26 bits per heavy atom. The molecule has 0 amide bonds. The van der Waals surface area contributed by atoms with Crippen LogP contribution in [0.4, 0.5) is 0 Å². The van der Waals surface area contributed by atoms with Crippen LogP contribution in [-0.4, -0.2) is 33.8 Å². The summed E-state index contributed by atoms with van der Waals surface area (Å²) in [6.45, 7) is 2.60. The van der Waals surface area contributed by atoms with Crippen LogP contribution in [0.2, 0.25) is 0 Å². The standard InChI is InChI=1S/C14H21NO4/c1-9(5-6-15)11-7-10(14(16)19-4)8-12(17-2)13(11)18-3/h7-9H,5-6,15H2,1-4H3. The number of ether oxygens (including phenoxy) is 3. The van der Waals surface area contributed by atoms with Crippen LogP contribution in [0.25, 0.3) is 0 Å². The molecule has 0 aliphatic carbocycles. The molecular weight excluding hydrogens is 246 g/mol. The van der Waals surface area contributed by atoms with E-state index in [4.69, 9.17) is 19.9 Å². The van der Waals surface area contributed by atoms with E-state index in [-0.39, 0.29) is 5.92 Å². The number of methoxy groups -OCH3 is 3. The Morgan fingerprint density at radius 3 is 2.42 bits per heavy atom. The summed E-state index contributed by atoms with van der Waals surface area (Å²) in [5.41, 5.74) is 6.93. The van der Waals surface area contributed by atoms with E-state index in [1.807, 2.05) is 6.92 Å². The summed E-state index contributed by atoms with van der Waals surface area (Å²) in [5, 5.41) is 0. The molecule has 5 heteroatoms. The Labute approximate surface area is 113 Å². The highest BCUT2D eigenvalue weighted by Gasteiger charge is 2.20. The summed E-state index contributed by atoms with van der Waals surface area (Å²) < 4.78 is 15.4. The summed E-state index contributed by atoms with van der Waals surface area (Å²) in [6.07, 6.45) is 0.796. The molecule has 0 heterocycles. The second-order valence-corrected chi connectivity index (χ2v) is 4.27. The maximum absolute atomic E-state index is 11.7. The molecule has 0 saturated heterocycles. The number of benzene rings is 1. The molecule has 2 N–H and O–H groups in total. The van der Waals surface area contributed by atoms with Gasteiger partial charge in [-0.15, -0.1) is 0 Å². The number of esters is 1. The lowest BCUT2D eigenvalue weighted by molar-refractivity contribution is 0.0600. The molecule has 0 bridgehead atoms. The third kappa shape index (κ3) is 3.38. The highest BCUT2D eigenvalue weighted by molar-refractivity contribution is 5.90. The van der Waals surface area contributed by atoms with Gasteiger partial charge in [0.25, 0.3) is 0 Å². The summed E-state index contributed by atoms with van der Waals surface area (Å²) >= 11 is 0. The number of carbonyl (C=O) groups is 1. The minimum atomic E-state index is -0.401. The Balaban J connectivity index is 3.35. The van der Waals surface area contributed by atoms with Gasteiger partial charge in [0.1, 0.15) is 0 Å². The Kier molecular flexibility index (Phi) is 5.63. The van der Waals surface area contributed by atoms with Crippen molar-refractivity contribution < 1.29 is 19.0 Å². The lowest BCUT2D eigenvalue weighted by Gasteiger charge is -2.18. The molecule has 0 saturated carbocycles. The molecule has 1 aromatic rings. The second-order valence-electron chi connectivity index (χ2n) is 4.27. The Hall–Kier alpha value is -1.75. The van der Waals surface area contributed by atoms with Crippen molar-refractivity contribution in [3.05, 3.63) is 23.3 Å². The molecule has 0 spiro atoms. The van der Waals surface area contributed by atoms with Gasteiger partial charge in [-0.1, -0.05) is 6.92 Å². The highest BCUT2D eigenvalue weighted by Crippen LogP contribution is 2.38. The largest absolute Gasteiger partial charge is 0.493 e. The summed E-state index contributed by atoms with van der Waals surface area (Å²) in [6, 6.07) is 3.39. The van der Waals surface area contributed by atoms with Crippen molar-refractivity contribution in [3.63, 3.8) is 0 Å². The van der Waals surface area contributed by atoms with Gasteiger partial charge in [0.15, 0.2) is 11.5 Å². The van der Waals surface area contributed by atoms with Crippen molar-refractivity contribution in [1.29, 1.82) is 0 Å². The molecule has 0 aliphatic heterocycles. The lowest BCUT2D eigenvalue weighted by Crippen LogP contribution is -2.09. The Bertz CT molecular complexity index is 445. The average Bonchev–Trinajstić information content (AvgIpc) is 2.44. The van der Waals surface area contributed by atoms with Gasteiger partial charge in [-0.05, 0) is 31.0 Å². The minimum absolute atomic E-state index is 0.165. The predicted octanol–water partition coefficient (Wildman–Crippen LogP) is 1.94. The molecule has 5 nitrogen and oxygen atoms in total. The van der Waals surface area contributed by atoms with Gasteiger partial charge >= 0.3 is 5.97 Å². The molecule has 0 radical (unpaired) electrons. The third-order valence-corrected chi connectivity index (χ3v) is 3.06. The zero-order valence-corrected chi connectivity index (χ0v) is 11.9. The van der Waals surface area contributed by atoms with Crippen LogP contribution in [0.15, 0.2) is 12.1 Å². The van der Waals surface area contributed by atoms with E-state index in [2.05, 4.69) is 0 Å². The van der Waals surface area contributed by atoms with Crippen molar-refractivity contribution in [2.75, 3.05) is 27.9 Å². The van der Waals surface area contributed by atoms with Crippen molar-refractivity contribution in [1.82, 2.24) is 0 Å². The fraction of sp³-hybridized carbons (Fsp3) is 0.500. The first-order valence-corrected chi connectivity index (χ1v) is 6.13. The zero-order valence-electron chi connectivity index (χ0n) is 11.9. The van der Waals surface area contributed by atoms with Gasteiger partial charge in [0, 0.05) is 5.56 Å². The summed E-state index contributed by atoms with van der Waals surface area (Å²) in [7, 11) is 4.46. The molecule has 1 atom stereocenters. The van der Waals surface area contributed by atoms with Crippen LogP contribution in [0, 0.1) is 0 Å². The topological polar surface area (TPSA) is 70.8 Å². The van der Waals surface area contributed by atoms with Crippen molar-refractivity contribution >= 4 is 5.97 Å². The number of hydrogen-bond donors (Lipinski definition) is 1. The van der Waals surface area contributed by atoms with Crippen molar-refractivity contribution in [2.45, 2.75) is 19.3 Å². The van der Waals surface area contributed by atoms with Crippen LogP contribution >= 0.6 is 0 Å². The van der Waals surface area contributed by atoms with E-state index < -0.39 is 5.97 Å². The van der Waals surface area contributed by atoms with Gasteiger partial charge in [0.05, 0.1) is 26.9 Å². The van der Waals surface area contributed by atoms with Crippen LogP contribution in [0.1, 0.15) is 35.2 Å². The number of carbonyl (C=O) groups excluding carboxylic acids is 1. The summed E-state index contributed by atoms with van der Waals surface area (Å²) in [4.78, 5) is 11.7. The van der Waals surface area contributed by atoms with E-state index >= 15 is 0 Å². The quantitative estimate of drug-likeness (QED) is 0.798. The van der Waals surface area contributed by atoms with Crippen LogP contribution in [-0.2, 0) is 4.74 Å². The van der Waals surface area contributed by atoms with Gasteiger partial charge in [-0.3, -0.25) is 0 Å². The molecule has 1 rings (SSSR count). The second kappa shape index (κ2) is 6.99. The molecule has 19 heavy (non-hydrogen) atoms. The van der Waals surface area contributed by atoms with Gasteiger partial charge in [-0.2, -0.15) is 0 Å². The van der Waals surface area contributed by atoms with Gasteiger partial charge in [0.2, 0.25) is 0 Å². The first kappa shape index (κ1) is 15.3. The molecule has 0 aromatic heterocycles. The summed E-state index contributed by atoms with van der Waals surface area (Å²) in [5.74, 6) is 0.918. The molecule has 1 unspecified atom stereocenters. The first-order valence-electron chi connectivity index (χ1n) is 6.13. The number of rotatable bonds is 6. The van der Waals surface area contributed by atoms with Crippen molar-refractivity contribution in [2.24, 2.45) is 5.73 Å². The minimum Gasteiger partial charge on any atom is -0.493 e. The van der Waals surface area contributed by atoms with Gasteiger partial charge < -0.3 is 19.9 Å². The lowest BCUT2D eigenvalue weighted by atomic mass is 9.94. The Morgan fingerprint density at radius 2 is 1.95 bits per heavy atom. The fourth-order valence-electron chi connectivity index (χ4n) is 2.00. The maximum atomic E-state index is 11.7. The third-order valence-electron chi connectivity index (χ3n) is 3.06. The molecule has 106 valence electrons. The van der Waals surface area contributed by atoms with Crippen molar-refractivity contribution in [3.8, 4) is 11.5 Å².